The van der Waals surface area contributed by atoms with Gasteiger partial charge in [0.2, 0.25) is 5.96 Å². The first kappa shape index (κ1) is 23.5. The average molecular weight is 496 g/mol. The maximum Gasteiger partial charge on any atom is 0.201 e. The van der Waals surface area contributed by atoms with Crippen molar-refractivity contribution in [2.24, 2.45) is 10.9 Å². The van der Waals surface area contributed by atoms with Crippen LogP contribution in [0.4, 0.5) is 11.4 Å². The van der Waals surface area contributed by atoms with E-state index in [1.54, 1.807) is 23.7 Å². The number of aliphatic imine (C=N–C) groups is 1. The van der Waals surface area contributed by atoms with E-state index in [0.717, 1.165) is 32.2 Å². The van der Waals surface area contributed by atoms with Crippen molar-refractivity contribution < 1.29 is 15.3 Å². The molecule has 1 saturated carbocycles. The van der Waals surface area contributed by atoms with E-state index >= 15 is 0 Å². The Morgan fingerprint density at radius 1 is 1.20 bits per heavy atom. The monoisotopic (exact) mass is 495 g/mol. The molecule has 2 aliphatic rings. The van der Waals surface area contributed by atoms with Crippen molar-refractivity contribution in [3.63, 3.8) is 0 Å². The highest BCUT2D eigenvalue weighted by molar-refractivity contribution is 7.19. The molecule has 184 valence electrons. The second kappa shape index (κ2) is 9.78. The summed E-state index contributed by atoms with van der Waals surface area (Å²) in [4.78, 5) is 15.6. The predicted octanol–water partition coefficient (Wildman–Crippen LogP) is 1.19. The zero-order valence-electron chi connectivity index (χ0n) is 19.5. The smallest absolute Gasteiger partial charge is 0.201 e. The summed E-state index contributed by atoms with van der Waals surface area (Å²) in [5.74, 6) is 0.832. The van der Waals surface area contributed by atoms with Crippen LogP contribution in [0.1, 0.15) is 11.4 Å². The molecule has 3 heterocycles. The number of benzene rings is 1. The Balaban J connectivity index is 1.44. The number of guanidine groups is 1. The summed E-state index contributed by atoms with van der Waals surface area (Å²) in [6, 6.07) is 9.48. The molecule has 1 aromatic carbocycles. The van der Waals surface area contributed by atoms with E-state index in [-0.39, 0.29) is 12.5 Å². The summed E-state index contributed by atoms with van der Waals surface area (Å²) in [6.07, 6.45) is 1.92. The number of fused-ring (bicyclic) bond motifs is 1. The lowest BCUT2D eigenvalue weighted by molar-refractivity contribution is 0.000577. The third-order valence-corrected chi connectivity index (χ3v) is 7.48. The van der Waals surface area contributed by atoms with Crippen LogP contribution in [0, 0.1) is 5.92 Å². The van der Waals surface area contributed by atoms with Crippen LogP contribution < -0.4 is 20.9 Å². The van der Waals surface area contributed by atoms with Crippen LogP contribution in [0.15, 0.2) is 53.5 Å². The van der Waals surface area contributed by atoms with Gasteiger partial charge in [0.05, 0.1) is 35.2 Å². The van der Waals surface area contributed by atoms with Crippen molar-refractivity contribution in [3.05, 3.63) is 53.6 Å². The fourth-order valence-corrected chi connectivity index (χ4v) is 5.35. The number of rotatable bonds is 6. The Hall–Kier alpha value is -3.25. The molecule has 6 N–H and O–H groups in total. The quantitative estimate of drug-likeness (QED) is 0.298. The van der Waals surface area contributed by atoms with E-state index in [1.165, 1.54) is 0 Å². The zero-order valence-corrected chi connectivity index (χ0v) is 20.3. The number of aromatic nitrogens is 2. The Morgan fingerprint density at radius 2 is 2.06 bits per heavy atom. The molecule has 11 heteroatoms. The van der Waals surface area contributed by atoms with Gasteiger partial charge in [0.15, 0.2) is 0 Å². The molecule has 4 atom stereocenters. The fraction of sp³-hybridized carbons (Fsp3) is 0.375. The molecular weight excluding hydrogens is 466 g/mol. The maximum atomic E-state index is 10.6. The van der Waals surface area contributed by atoms with Crippen LogP contribution in [-0.4, -0.2) is 76.7 Å². The van der Waals surface area contributed by atoms with Crippen molar-refractivity contribution in [3.8, 4) is 0 Å². The number of anilines is 2. The highest BCUT2D eigenvalue weighted by Gasteiger charge is 2.41. The molecule has 1 aliphatic heterocycles. The van der Waals surface area contributed by atoms with Gasteiger partial charge in [-0.25, -0.2) is 9.98 Å². The van der Waals surface area contributed by atoms with Gasteiger partial charge >= 0.3 is 0 Å². The van der Waals surface area contributed by atoms with Crippen molar-refractivity contribution in [1.82, 2.24) is 20.6 Å². The summed E-state index contributed by atoms with van der Waals surface area (Å²) in [7, 11) is 3.97. The van der Waals surface area contributed by atoms with Gasteiger partial charge in [0, 0.05) is 44.2 Å². The highest BCUT2D eigenvalue weighted by Crippen LogP contribution is 2.31. The highest BCUT2D eigenvalue weighted by atomic mass is 32.1. The summed E-state index contributed by atoms with van der Waals surface area (Å²) >= 11 is 1.55. The first-order valence-electron chi connectivity index (χ1n) is 11.5. The SMILES string of the molecule is CN(C)c1cccc(NC2=NCC(c3nc4cnccc4s3)=C(N[C@@H]3CC(CO)[C@@H](O)[C@H]3O)N2)c1. The molecule has 10 nitrogen and oxygen atoms in total. The lowest BCUT2D eigenvalue weighted by Crippen LogP contribution is -2.47. The van der Waals surface area contributed by atoms with Crippen LogP contribution in [0.3, 0.4) is 0 Å². The second-order valence-electron chi connectivity index (χ2n) is 8.99. The molecule has 0 radical (unpaired) electrons. The Morgan fingerprint density at radius 3 is 2.80 bits per heavy atom. The van der Waals surface area contributed by atoms with E-state index in [9.17, 15) is 15.3 Å². The molecular formula is C24H29N7O3S. The predicted molar refractivity (Wildman–Crippen MR) is 138 cm³/mol. The van der Waals surface area contributed by atoms with Crippen LogP contribution in [-0.2, 0) is 0 Å². The minimum absolute atomic E-state index is 0.183. The fourth-order valence-electron chi connectivity index (χ4n) is 4.38. The van der Waals surface area contributed by atoms with Crippen LogP contribution in [0.25, 0.3) is 15.8 Å². The number of aliphatic hydroxyl groups is 3. The lowest BCUT2D eigenvalue weighted by Gasteiger charge is -2.27. The number of aliphatic hydroxyl groups excluding tert-OH is 3. The zero-order chi connectivity index (χ0) is 24.5. The number of thiazole rings is 1. The van der Waals surface area contributed by atoms with E-state index in [1.807, 2.05) is 49.3 Å². The Kier molecular flexibility index (Phi) is 6.56. The van der Waals surface area contributed by atoms with Gasteiger partial charge in [-0.1, -0.05) is 6.07 Å². The Labute approximate surface area is 207 Å². The van der Waals surface area contributed by atoms with E-state index in [0.29, 0.717) is 24.7 Å². The largest absolute Gasteiger partial charge is 0.396 e. The molecule has 2 aromatic heterocycles. The summed E-state index contributed by atoms with van der Waals surface area (Å²) < 4.78 is 1.02. The first-order chi connectivity index (χ1) is 16.9. The van der Waals surface area contributed by atoms with Gasteiger partial charge in [0.1, 0.15) is 22.4 Å². The van der Waals surface area contributed by atoms with Gasteiger partial charge in [0.25, 0.3) is 0 Å². The third kappa shape index (κ3) is 4.80. The third-order valence-electron chi connectivity index (χ3n) is 6.38. The molecule has 0 saturated heterocycles. The topological polar surface area (TPSA) is 138 Å². The number of hydrogen-bond acceptors (Lipinski definition) is 11. The van der Waals surface area contributed by atoms with Gasteiger partial charge in [-0.05, 0) is 30.7 Å². The molecule has 1 fully saturated rings. The van der Waals surface area contributed by atoms with Crippen molar-refractivity contribution in [1.29, 1.82) is 0 Å². The molecule has 3 aromatic rings. The number of hydrogen-bond donors (Lipinski definition) is 6. The molecule has 5 rings (SSSR count). The average Bonchev–Trinajstić information content (AvgIpc) is 3.41. The standard InChI is InChI=1S/C24H29N7O3S/c1-31(2)15-5-3-4-14(9-15)27-24-26-10-16(23-29-18-11-25-7-6-19(18)35-23)22(30-24)28-17-8-13(12-32)20(33)21(17)34/h3-7,9,11,13,17,20-21,28,32-34H,8,10,12H2,1-2H3,(H2,26,27,30)/t13?,17-,20-,21+/m1/s1. The molecule has 0 amide bonds. The molecule has 35 heavy (non-hydrogen) atoms. The summed E-state index contributed by atoms with van der Waals surface area (Å²) in [6.45, 7) is 0.185. The van der Waals surface area contributed by atoms with Gasteiger partial charge in [-0.15, -0.1) is 11.3 Å². The van der Waals surface area contributed by atoms with Crippen molar-refractivity contribution in [2.45, 2.75) is 24.7 Å². The Bertz CT molecular complexity index is 1240. The minimum atomic E-state index is -1.01. The minimum Gasteiger partial charge on any atom is -0.396 e. The van der Waals surface area contributed by atoms with Gasteiger partial charge < -0.3 is 36.2 Å². The lowest BCUT2D eigenvalue weighted by atomic mass is 10.1. The normalized spacial score (nSPS) is 24.3. The van der Waals surface area contributed by atoms with E-state index in [4.69, 9.17) is 9.98 Å². The number of nitrogens with one attached hydrogen (secondary N) is 3. The van der Waals surface area contributed by atoms with Gasteiger partial charge in [-0.2, -0.15) is 0 Å². The van der Waals surface area contributed by atoms with Crippen molar-refractivity contribution in [2.75, 3.05) is 37.5 Å². The van der Waals surface area contributed by atoms with E-state index < -0.39 is 18.2 Å². The molecule has 1 unspecified atom stereocenters. The molecule has 0 spiro atoms. The van der Waals surface area contributed by atoms with Crippen LogP contribution >= 0.6 is 11.3 Å². The van der Waals surface area contributed by atoms with Gasteiger partial charge in [-0.3, -0.25) is 4.98 Å². The van der Waals surface area contributed by atoms with Crippen LogP contribution in [0.5, 0.6) is 0 Å². The molecule has 1 aliphatic carbocycles. The summed E-state index contributed by atoms with van der Waals surface area (Å²) in [5.41, 5.74) is 3.60. The van der Waals surface area contributed by atoms with Crippen LogP contribution in [0.2, 0.25) is 0 Å². The number of pyridine rings is 1. The second-order valence-corrected chi connectivity index (χ2v) is 10.0. The number of nitrogens with zero attached hydrogens (tertiary/aromatic N) is 4. The summed E-state index contributed by atoms with van der Waals surface area (Å²) in [5, 5.41) is 41.3. The molecule has 0 bridgehead atoms. The maximum absolute atomic E-state index is 10.6. The van der Waals surface area contributed by atoms with E-state index in [2.05, 4.69) is 20.9 Å². The first-order valence-corrected chi connectivity index (χ1v) is 12.3. The van der Waals surface area contributed by atoms with Crippen molar-refractivity contribution >= 4 is 44.5 Å².